The molecule has 3 aromatic rings. The Morgan fingerprint density at radius 1 is 0.889 bits per heavy atom. The van der Waals surface area contributed by atoms with Gasteiger partial charge in [-0.2, -0.15) is 0 Å². The van der Waals surface area contributed by atoms with E-state index in [1.165, 1.54) is 52.8 Å². The molecule has 1 unspecified atom stereocenters. The van der Waals surface area contributed by atoms with Gasteiger partial charge in [0.25, 0.3) is 0 Å². The van der Waals surface area contributed by atoms with Gasteiger partial charge in [0, 0.05) is 10.8 Å². The molecule has 0 aliphatic carbocycles. The molecule has 0 spiro atoms. The quantitative estimate of drug-likeness (QED) is 0.388. The maximum Gasteiger partial charge on any atom is 0.134 e. The molecule has 0 fully saturated rings. The monoisotopic (exact) mass is 362 g/mol. The molecule has 0 heterocycles. The number of fused-ring (bicyclic) bond motifs is 2. The average Bonchev–Trinajstić information content (AvgIpc) is 2.66. The molecule has 0 saturated carbocycles. The van der Waals surface area contributed by atoms with Gasteiger partial charge in [0.2, 0.25) is 0 Å². The summed E-state index contributed by atoms with van der Waals surface area (Å²) in [6.07, 6.45) is 4.97. The minimum absolute atomic E-state index is 0.129. The molecule has 0 N–H and O–H groups in total. The molecule has 0 saturated heterocycles. The van der Waals surface area contributed by atoms with Crippen LogP contribution in [-0.2, 0) is 5.41 Å². The standard InChI is InChI=1S/C26H34O/c1-6-8-11-19(7-2)18-27-25-23-13-10-9-12-20(23)16-21-14-15-22(17-24(21)25)26(3,4)5/h9-10,12-17,19H,6-8,11,18H2,1-5H3. The van der Waals surface area contributed by atoms with Crippen molar-refractivity contribution in [2.24, 2.45) is 5.92 Å². The van der Waals surface area contributed by atoms with Crippen molar-refractivity contribution >= 4 is 21.5 Å². The molecule has 0 aliphatic heterocycles. The van der Waals surface area contributed by atoms with Gasteiger partial charge in [0.05, 0.1) is 6.61 Å². The molecule has 3 aromatic carbocycles. The molecule has 1 heteroatoms. The van der Waals surface area contributed by atoms with Crippen molar-refractivity contribution < 1.29 is 4.74 Å². The third-order valence-corrected chi connectivity index (χ3v) is 5.69. The van der Waals surface area contributed by atoms with Crippen molar-refractivity contribution in [2.75, 3.05) is 6.61 Å². The van der Waals surface area contributed by atoms with Crippen molar-refractivity contribution in [2.45, 2.75) is 65.7 Å². The van der Waals surface area contributed by atoms with Crippen LogP contribution >= 0.6 is 0 Å². The van der Waals surface area contributed by atoms with Crippen molar-refractivity contribution in [1.82, 2.24) is 0 Å². The third-order valence-electron chi connectivity index (χ3n) is 5.69. The number of rotatable bonds is 7. The van der Waals surface area contributed by atoms with Gasteiger partial charge in [-0.25, -0.2) is 0 Å². The van der Waals surface area contributed by atoms with Gasteiger partial charge >= 0.3 is 0 Å². The van der Waals surface area contributed by atoms with E-state index in [1.807, 2.05) is 0 Å². The van der Waals surface area contributed by atoms with Crippen LogP contribution < -0.4 is 4.74 Å². The van der Waals surface area contributed by atoms with E-state index in [0.29, 0.717) is 5.92 Å². The molecule has 1 nitrogen and oxygen atoms in total. The van der Waals surface area contributed by atoms with E-state index >= 15 is 0 Å². The zero-order valence-corrected chi connectivity index (χ0v) is 17.6. The second-order valence-electron chi connectivity index (χ2n) is 8.84. The predicted molar refractivity (Wildman–Crippen MR) is 119 cm³/mol. The summed E-state index contributed by atoms with van der Waals surface area (Å²) in [5, 5.41) is 4.98. The molecular formula is C26H34O. The molecule has 3 rings (SSSR count). The Morgan fingerprint density at radius 2 is 1.63 bits per heavy atom. The SMILES string of the molecule is CCCCC(CC)COc1c2ccccc2cc2ccc(C(C)(C)C)cc12. The van der Waals surface area contributed by atoms with E-state index in [9.17, 15) is 0 Å². The summed E-state index contributed by atoms with van der Waals surface area (Å²) in [4.78, 5) is 0. The zero-order chi connectivity index (χ0) is 19.4. The molecule has 0 aromatic heterocycles. The van der Waals surface area contributed by atoms with Gasteiger partial charge in [0.1, 0.15) is 5.75 Å². The summed E-state index contributed by atoms with van der Waals surface area (Å²) < 4.78 is 6.55. The Kier molecular flexibility index (Phi) is 6.09. The van der Waals surface area contributed by atoms with Crippen molar-refractivity contribution in [3.8, 4) is 5.75 Å². The summed E-state index contributed by atoms with van der Waals surface area (Å²) in [5.41, 5.74) is 1.48. The Labute approximate surface area is 164 Å². The Morgan fingerprint density at radius 3 is 2.33 bits per heavy atom. The summed E-state index contributed by atoms with van der Waals surface area (Å²) in [5.74, 6) is 1.69. The first-order chi connectivity index (χ1) is 12.9. The lowest BCUT2D eigenvalue weighted by Gasteiger charge is -2.22. The van der Waals surface area contributed by atoms with Crippen LogP contribution in [-0.4, -0.2) is 6.61 Å². The molecule has 27 heavy (non-hydrogen) atoms. The molecule has 144 valence electrons. The molecule has 0 amide bonds. The summed E-state index contributed by atoms with van der Waals surface area (Å²) in [6.45, 7) is 12.2. The van der Waals surface area contributed by atoms with E-state index in [2.05, 4.69) is 83.1 Å². The second kappa shape index (κ2) is 8.33. The minimum atomic E-state index is 0.129. The maximum absolute atomic E-state index is 6.55. The van der Waals surface area contributed by atoms with Crippen LogP contribution in [0.15, 0.2) is 48.5 Å². The first-order valence-electron chi connectivity index (χ1n) is 10.5. The predicted octanol–water partition coefficient (Wildman–Crippen LogP) is 7.89. The number of hydrogen-bond donors (Lipinski definition) is 0. The van der Waals surface area contributed by atoms with Gasteiger partial charge in [-0.1, -0.05) is 90.3 Å². The number of ether oxygens (including phenoxy) is 1. The molecular weight excluding hydrogens is 328 g/mol. The Hall–Kier alpha value is -2.02. The first-order valence-corrected chi connectivity index (χ1v) is 10.5. The fourth-order valence-electron chi connectivity index (χ4n) is 3.74. The number of unbranched alkanes of at least 4 members (excludes halogenated alkanes) is 1. The Bertz CT molecular complexity index is 901. The lowest BCUT2D eigenvalue weighted by atomic mass is 9.85. The van der Waals surface area contributed by atoms with Crippen LogP contribution in [0.5, 0.6) is 5.75 Å². The molecule has 0 aliphatic rings. The highest BCUT2D eigenvalue weighted by atomic mass is 16.5. The summed E-state index contributed by atoms with van der Waals surface area (Å²) >= 11 is 0. The molecule has 0 radical (unpaired) electrons. The average molecular weight is 363 g/mol. The van der Waals surface area contributed by atoms with Crippen LogP contribution in [0.4, 0.5) is 0 Å². The van der Waals surface area contributed by atoms with Gasteiger partial charge in [0.15, 0.2) is 0 Å². The van der Waals surface area contributed by atoms with Gasteiger partial charge in [-0.3, -0.25) is 0 Å². The van der Waals surface area contributed by atoms with Crippen molar-refractivity contribution in [3.63, 3.8) is 0 Å². The first kappa shape index (κ1) is 19.7. The van der Waals surface area contributed by atoms with Gasteiger partial charge in [-0.15, -0.1) is 0 Å². The van der Waals surface area contributed by atoms with Crippen LogP contribution in [0.3, 0.4) is 0 Å². The van der Waals surface area contributed by atoms with Gasteiger partial charge < -0.3 is 4.74 Å². The van der Waals surface area contributed by atoms with Crippen LogP contribution in [0.25, 0.3) is 21.5 Å². The fraction of sp³-hybridized carbons (Fsp3) is 0.462. The van der Waals surface area contributed by atoms with E-state index in [0.717, 1.165) is 12.4 Å². The van der Waals surface area contributed by atoms with Crippen LogP contribution in [0.1, 0.15) is 65.9 Å². The Balaban J connectivity index is 2.07. The second-order valence-corrected chi connectivity index (χ2v) is 8.84. The summed E-state index contributed by atoms with van der Waals surface area (Å²) in [6, 6.07) is 17.7. The maximum atomic E-state index is 6.55. The van der Waals surface area contributed by atoms with E-state index in [4.69, 9.17) is 4.74 Å². The zero-order valence-electron chi connectivity index (χ0n) is 17.6. The van der Waals surface area contributed by atoms with Crippen molar-refractivity contribution in [1.29, 1.82) is 0 Å². The van der Waals surface area contributed by atoms with Gasteiger partial charge in [-0.05, 0) is 46.2 Å². The molecule has 1 atom stereocenters. The number of benzene rings is 3. The highest BCUT2D eigenvalue weighted by molar-refractivity contribution is 6.05. The number of hydrogen-bond acceptors (Lipinski definition) is 1. The minimum Gasteiger partial charge on any atom is -0.492 e. The van der Waals surface area contributed by atoms with Crippen LogP contribution in [0.2, 0.25) is 0 Å². The van der Waals surface area contributed by atoms with Crippen LogP contribution in [0, 0.1) is 5.92 Å². The smallest absolute Gasteiger partial charge is 0.134 e. The van der Waals surface area contributed by atoms with E-state index < -0.39 is 0 Å². The molecule has 0 bridgehead atoms. The highest BCUT2D eigenvalue weighted by Crippen LogP contribution is 2.37. The highest BCUT2D eigenvalue weighted by Gasteiger charge is 2.17. The van der Waals surface area contributed by atoms with E-state index in [-0.39, 0.29) is 5.41 Å². The third kappa shape index (κ3) is 4.46. The topological polar surface area (TPSA) is 9.23 Å². The summed E-state index contributed by atoms with van der Waals surface area (Å²) in [7, 11) is 0. The normalized spacial score (nSPS) is 13.2. The largest absolute Gasteiger partial charge is 0.492 e. The van der Waals surface area contributed by atoms with E-state index in [1.54, 1.807) is 0 Å². The lowest BCUT2D eigenvalue weighted by Crippen LogP contribution is -2.12. The lowest BCUT2D eigenvalue weighted by molar-refractivity contribution is 0.238. The fourth-order valence-corrected chi connectivity index (χ4v) is 3.74. The van der Waals surface area contributed by atoms with Crippen molar-refractivity contribution in [3.05, 3.63) is 54.1 Å².